The molecule has 0 bridgehead atoms. The average molecular weight is 373 g/mol. The van der Waals surface area contributed by atoms with Crippen molar-refractivity contribution in [1.29, 1.82) is 0 Å². The summed E-state index contributed by atoms with van der Waals surface area (Å²) in [6.07, 6.45) is 2.52. The molecule has 0 radical (unpaired) electrons. The monoisotopic (exact) mass is 372 g/mol. The average Bonchev–Trinajstić information content (AvgIpc) is 3.22. The van der Waals surface area contributed by atoms with E-state index in [2.05, 4.69) is 46.5 Å². The lowest BCUT2D eigenvalue weighted by Crippen LogP contribution is -2.37. The van der Waals surface area contributed by atoms with Gasteiger partial charge in [0.2, 0.25) is 0 Å². The number of benzene rings is 1. The topological polar surface area (TPSA) is 62.0 Å². The van der Waals surface area contributed by atoms with Gasteiger partial charge in [0.05, 0.1) is 6.26 Å². The lowest BCUT2D eigenvalue weighted by molar-refractivity contribution is 0.223. The number of aliphatic imine (C=N–C) groups is 1. The standard InChI is InChI=1S/C21H32N4O2/c1-4-25(5-2)14-16-27-20-10-8-18(9-11-20)17-24-21(22-3)23-13-12-19-7-6-15-26-19/h6-11,15H,4-5,12-14,16-17H2,1-3H3,(H2,22,23,24). The summed E-state index contributed by atoms with van der Waals surface area (Å²) < 4.78 is 11.2. The van der Waals surface area contributed by atoms with Crippen molar-refractivity contribution >= 4 is 5.96 Å². The van der Waals surface area contributed by atoms with Crippen molar-refractivity contribution in [2.75, 3.05) is 39.8 Å². The van der Waals surface area contributed by atoms with E-state index in [0.717, 1.165) is 50.1 Å². The highest BCUT2D eigenvalue weighted by atomic mass is 16.5. The number of ether oxygens (including phenoxy) is 1. The van der Waals surface area contributed by atoms with Crippen LogP contribution in [0.25, 0.3) is 0 Å². The SMILES string of the molecule is CCN(CC)CCOc1ccc(CNC(=NC)NCCc2ccco2)cc1. The fourth-order valence-electron chi connectivity index (χ4n) is 2.70. The Bertz CT molecular complexity index is 649. The molecule has 0 saturated carbocycles. The van der Waals surface area contributed by atoms with Crippen molar-refractivity contribution < 1.29 is 9.15 Å². The molecular weight excluding hydrogens is 340 g/mol. The molecular formula is C21H32N4O2. The zero-order valence-electron chi connectivity index (χ0n) is 16.7. The van der Waals surface area contributed by atoms with E-state index < -0.39 is 0 Å². The van der Waals surface area contributed by atoms with Crippen molar-refractivity contribution in [3.8, 4) is 5.75 Å². The van der Waals surface area contributed by atoms with Gasteiger partial charge in [-0.2, -0.15) is 0 Å². The van der Waals surface area contributed by atoms with Crippen LogP contribution in [0.4, 0.5) is 0 Å². The van der Waals surface area contributed by atoms with Gasteiger partial charge in [0, 0.05) is 33.1 Å². The fourth-order valence-corrected chi connectivity index (χ4v) is 2.70. The summed E-state index contributed by atoms with van der Waals surface area (Å²) in [4.78, 5) is 6.60. The lowest BCUT2D eigenvalue weighted by Gasteiger charge is -2.18. The van der Waals surface area contributed by atoms with Crippen LogP contribution in [-0.4, -0.2) is 50.7 Å². The molecule has 0 saturated heterocycles. The number of furan rings is 1. The van der Waals surface area contributed by atoms with Crippen LogP contribution >= 0.6 is 0 Å². The first-order chi connectivity index (χ1) is 13.2. The summed E-state index contributed by atoms with van der Waals surface area (Å²) in [5.41, 5.74) is 1.18. The van der Waals surface area contributed by atoms with E-state index in [9.17, 15) is 0 Å². The van der Waals surface area contributed by atoms with Gasteiger partial charge in [0.15, 0.2) is 5.96 Å². The van der Waals surface area contributed by atoms with E-state index in [0.29, 0.717) is 13.2 Å². The molecule has 0 aliphatic heterocycles. The minimum Gasteiger partial charge on any atom is -0.492 e. The van der Waals surface area contributed by atoms with Crippen molar-refractivity contribution in [3.63, 3.8) is 0 Å². The summed E-state index contributed by atoms with van der Waals surface area (Å²) in [5, 5.41) is 6.61. The molecule has 2 rings (SSSR count). The molecule has 1 aromatic carbocycles. The molecule has 1 aromatic heterocycles. The number of guanidine groups is 1. The maximum absolute atomic E-state index is 5.82. The Balaban J connectivity index is 1.68. The first kappa shape index (κ1) is 20.8. The smallest absolute Gasteiger partial charge is 0.191 e. The van der Waals surface area contributed by atoms with Crippen molar-refractivity contribution in [2.45, 2.75) is 26.8 Å². The number of hydrogen-bond acceptors (Lipinski definition) is 4. The highest BCUT2D eigenvalue weighted by molar-refractivity contribution is 5.79. The molecule has 0 amide bonds. The van der Waals surface area contributed by atoms with Crippen LogP contribution in [0.3, 0.4) is 0 Å². The second-order valence-electron chi connectivity index (χ2n) is 6.20. The van der Waals surface area contributed by atoms with Crippen LogP contribution in [0.15, 0.2) is 52.1 Å². The zero-order chi connectivity index (χ0) is 19.3. The third-order valence-corrected chi connectivity index (χ3v) is 4.42. The van der Waals surface area contributed by atoms with Gasteiger partial charge in [-0.15, -0.1) is 0 Å². The van der Waals surface area contributed by atoms with E-state index in [1.54, 1.807) is 13.3 Å². The van der Waals surface area contributed by atoms with Crippen LogP contribution in [0.2, 0.25) is 0 Å². The summed E-state index contributed by atoms with van der Waals surface area (Å²) in [7, 11) is 1.77. The Hall–Kier alpha value is -2.47. The van der Waals surface area contributed by atoms with E-state index in [-0.39, 0.29) is 0 Å². The maximum atomic E-state index is 5.82. The normalized spacial score (nSPS) is 11.6. The van der Waals surface area contributed by atoms with Crippen molar-refractivity contribution in [2.24, 2.45) is 4.99 Å². The van der Waals surface area contributed by atoms with Gasteiger partial charge in [-0.05, 0) is 42.9 Å². The van der Waals surface area contributed by atoms with Crippen LogP contribution in [0.5, 0.6) is 5.75 Å². The second-order valence-corrected chi connectivity index (χ2v) is 6.20. The van der Waals surface area contributed by atoms with Crippen LogP contribution in [0.1, 0.15) is 25.2 Å². The van der Waals surface area contributed by atoms with Gasteiger partial charge < -0.3 is 24.7 Å². The molecule has 0 spiro atoms. The molecule has 0 atom stereocenters. The van der Waals surface area contributed by atoms with E-state index >= 15 is 0 Å². The first-order valence-corrected chi connectivity index (χ1v) is 9.66. The molecule has 2 N–H and O–H groups in total. The number of likely N-dealkylation sites (N-methyl/N-ethyl adjacent to an activating group) is 1. The van der Waals surface area contributed by atoms with Gasteiger partial charge in [-0.25, -0.2) is 0 Å². The fraction of sp³-hybridized carbons (Fsp3) is 0.476. The quantitative estimate of drug-likeness (QED) is 0.469. The van der Waals surface area contributed by atoms with E-state index in [4.69, 9.17) is 9.15 Å². The molecule has 1 heterocycles. The highest BCUT2D eigenvalue weighted by Gasteiger charge is 2.02. The molecule has 6 nitrogen and oxygen atoms in total. The molecule has 0 aliphatic carbocycles. The molecule has 0 fully saturated rings. The molecule has 2 aromatic rings. The van der Waals surface area contributed by atoms with Crippen LogP contribution in [0, 0.1) is 0 Å². The van der Waals surface area contributed by atoms with Crippen molar-refractivity contribution in [1.82, 2.24) is 15.5 Å². The Morgan fingerprint density at radius 3 is 2.52 bits per heavy atom. The van der Waals surface area contributed by atoms with E-state index in [1.165, 1.54) is 5.56 Å². The van der Waals surface area contributed by atoms with Gasteiger partial charge in [-0.1, -0.05) is 26.0 Å². The third kappa shape index (κ3) is 7.74. The molecule has 148 valence electrons. The van der Waals surface area contributed by atoms with Crippen molar-refractivity contribution in [3.05, 3.63) is 54.0 Å². The Morgan fingerprint density at radius 2 is 1.89 bits per heavy atom. The maximum Gasteiger partial charge on any atom is 0.191 e. The molecule has 0 unspecified atom stereocenters. The number of nitrogens with one attached hydrogen (secondary N) is 2. The largest absolute Gasteiger partial charge is 0.492 e. The van der Waals surface area contributed by atoms with E-state index in [1.807, 2.05) is 24.3 Å². The summed E-state index contributed by atoms with van der Waals surface area (Å²) in [6.45, 7) is 9.60. The predicted octanol–water partition coefficient (Wildman–Crippen LogP) is 2.91. The second kappa shape index (κ2) is 12.0. The number of nitrogens with zero attached hydrogens (tertiary/aromatic N) is 2. The molecule has 27 heavy (non-hydrogen) atoms. The molecule has 0 aliphatic rings. The van der Waals surface area contributed by atoms with Gasteiger partial charge in [0.25, 0.3) is 0 Å². The lowest BCUT2D eigenvalue weighted by atomic mass is 10.2. The Morgan fingerprint density at radius 1 is 1.11 bits per heavy atom. The minimum absolute atomic E-state index is 0.708. The number of hydrogen-bond donors (Lipinski definition) is 2. The van der Waals surface area contributed by atoms with Crippen LogP contribution in [-0.2, 0) is 13.0 Å². The summed E-state index contributed by atoms with van der Waals surface area (Å²) >= 11 is 0. The first-order valence-electron chi connectivity index (χ1n) is 9.66. The summed E-state index contributed by atoms with van der Waals surface area (Å²) in [5.74, 6) is 2.66. The number of rotatable bonds is 11. The van der Waals surface area contributed by atoms with Gasteiger partial charge in [0.1, 0.15) is 18.1 Å². The highest BCUT2D eigenvalue weighted by Crippen LogP contribution is 2.12. The third-order valence-electron chi connectivity index (χ3n) is 4.42. The van der Waals surface area contributed by atoms with Gasteiger partial charge >= 0.3 is 0 Å². The molecule has 6 heteroatoms. The predicted molar refractivity (Wildman–Crippen MR) is 110 cm³/mol. The van der Waals surface area contributed by atoms with Gasteiger partial charge in [-0.3, -0.25) is 4.99 Å². The minimum atomic E-state index is 0.708. The zero-order valence-corrected chi connectivity index (χ0v) is 16.7. The summed E-state index contributed by atoms with van der Waals surface area (Å²) in [6, 6.07) is 12.1. The van der Waals surface area contributed by atoms with Crippen LogP contribution < -0.4 is 15.4 Å². The Labute approximate surface area is 162 Å². The Kier molecular flexibility index (Phi) is 9.27.